The first-order chi connectivity index (χ1) is 12.5. The van der Waals surface area contributed by atoms with Crippen LogP contribution in [0.1, 0.15) is 35.8 Å². The fourth-order valence-electron chi connectivity index (χ4n) is 3.38. The van der Waals surface area contributed by atoms with Crippen molar-refractivity contribution in [1.29, 1.82) is 0 Å². The lowest BCUT2D eigenvalue weighted by Crippen LogP contribution is -2.47. The first-order valence-electron chi connectivity index (χ1n) is 8.80. The Labute approximate surface area is 153 Å². The number of nitrogens with zero attached hydrogens (tertiary/aromatic N) is 3. The van der Waals surface area contributed by atoms with Crippen molar-refractivity contribution in [3.8, 4) is 0 Å². The van der Waals surface area contributed by atoms with Gasteiger partial charge >= 0.3 is 0 Å². The summed E-state index contributed by atoms with van der Waals surface area (Å²) in [5.41, 5.74) is 2.96. The number of nitro groups is 1. The molecule has 1 aliphatic rings. The van der Waals surface area contributed by atoms with Crippen LogP contribution in [0.5, 0.6) is 0 Å². The van der Waals surface area contributed by atoms with Gasteiger partial charge in [-0.25, -0.2) is 0 Å². The van der Waals surface area contributed by atoms with Crippen molar-refractivity contribution in [2.24, 2.45) is 0 Å². The molecule has 1 aliphatic heterocycles. The first kappa shape index (κ1) is 18.1. The summed E-state index contributed by atoms with van der Waals surface area (Å²) >= 11 is 0. The summed E-state index contributed by atoms with van der Waals surface area (Å²) in [6, 6.07) is 14.8. The van der Waals surface area contributed by atoms with E-state index in [9.17, 15) is 14.9 Å². The third kappa shape index (κ3) is 3.91. The molecule has 1 saturated heterocycles. The molecule has 1 heterocycles. The summed E-state index contributed by atoms with van der Waals surface area (Å²) in [7, 11) is 0. The second-order valence-electron chi connectivity index (χ2n) is 6.65. The zero-order valence-electron chi connectivity index (χ0n) is 15.1. The molecule has 6 heteroatoms. The highest BCUT2D eigenvalue weighted by molar-refractivity contribution is 5.94. The summed E-state index contributed by atoms with van der Waals surface area (Å²) in [6.45, 7) is 7.22. The molecule has 0 spiro atoms. The summed E-state index contributed by atoms with van der Waals surface area (Å²) in [6.07, 6.45) is 0. The predicted octanol–water partition coefficient (Wildman–Crippen LogP) is 3.68. The van der Waals surface area contributed by atoms with Crippen LogP contribution in [0.3, 0.4) is 0 Å². The Kier molecular flexibility index (Phi) is 5.32. The van der Waals surface area contributed by atoms with Crippen LogP contribution in [-0.2, 0) is 0 Å². The Morgan fingerprint density at radius 1 is 1.08 bits per heavy atom. The van der Waals surface area contributed by atoms with Crippen molar-refractivity contribution in [2.75, 3.05) is 31.1 Å². The van der Waals surface area contributed by atoms with Gasteiger partial charge in [0.15, 0.2) is 5.78 Å². The highest BCUT2D eigenvalue weighted by atomic mass is 16.6. The third-order valence-electron chi connectivity index (χ3n) is 5.06. The monoisotopic (exact) mass is 353 g/mol. The molecular weight excluding hydrogens is 330 g/mol. The number of piperazine rings is 1. The number of non-ortho nitro benzene ring substituents is 1. The lowest BCUT2D eigenvalue weighted by molar-refractivity contribution is -0.385. The van der Waals surface area contributed by atoms with Crippen molar-refractivity contribution in [3.63, 3.8) is 0 Å². The van der Waals surface area contributed by atoms with Gasteiger partial charge in [0.1, 0.15) is 0 Å². The quantitative estimate of drug-likeness (QED) is 0.466. The number of hydrogen-bond acceptors (Lipinski definition) is 5. The maximum absolute atomic E-state index is 11.4. The van der Waals surface area contributed by atoms with Gasteiger partial charge in [0.05, 0.1) is 4.92 Å². The fourth-order valence-corrected chi connectivity index (χ4v) is 3.38. The molecule has 2 aromatic carbocycles. The van der Waals surface area contributed by atoms with E-state index >= 15 is 0 Å². The molecule has 0 bridgehead atoms. The minimum atomic E-state index is -0.348. The van der Waals surface area contributed by atoms with E-state index < -0.39 is 0 Å². The van der Waals surface area contributed by atoms with Crippen LogP contribution in [0, 0.1) is 10.1 Å². The van der Waals surface area contributed by atoms with E-state index in [0.29, 0.717) is 0 Å². The number of nitro benzene ring substituents is 1. The van der Waals surface area contributed by atoms with Crippen molar-refractivity contribution in [2.45, 2.75) is 19.9 Å². The molecule has 0 N–H and O–H groups in total. The lowest BCUT2D eigenvalue weighted by Gasteiger charge is -2.39. The Hall–Kier alpha value is -2.73. The second-order valence-corrected chi connectivity index (χ2v) is 6.65. The van der Waals surface area contributed by atoms with Crippen LogP contribution in [0.4, 0.5) is 11.4 Å². The average molecular weight is 353 g/mol. The summed E-state index contributed by atoms with van der Waals surface area (Å²) < 4.78 is 0. The van der Waals surface area contributed by atoms with Gasteiger partial charge in [0.25, 0.3) is 5.69 Å². The van der Waals surface area contributed by atoms with E-state index in [1.165, 1.54) is 6.07 Å². The Balaban J connectivity index is 1.63. The minimum absolute atomic E-state index is 0.0761. The largest absolute Gasteiger partial charge is 0.369 e. The van der Waals surface area contributed by atoms with Crippen molar-refractivity contribution < 1.29 is 9.72 Å². The molecule has 0 saturated carbocycles. The van der Waals surface area contributed by atoms with Gasteiger partial charge in [0, 0.05) is 55.6 Å². The summed E-state index contributed by atoms with van der Waals surface area (Å²) in [5, 5.41) is 11.0. The molecule has 0 aromatic heterocycles. The normalized spacial score (nSPS) is 16.3. The molecular formula is C20H23N3O3. The molecule has 26 heavy (non-hydrogen) atoms. The molecule has 0 aliphatic carbocycles. The van der Waals surface area contributed by atoms with Gasteiger partial charge in [-0.05, 0) is 43.7 Å². The number of carbonyl (C=O) groups excluding carboxylic acids is 1. The topological polar surface area (TPSA) is 66.7 Å². The van der Waals surface area contributed by atoms with E-state index in [0.717, 1.165) is 43.0 Å². The van der Waals surface area contributed by atoms with Gasteiger partial charge in [-0.15, -0.1) is 0 Å². The standard InChI is InChI=1S/C20H23N3O3/c1-15(18-4-3-5-20(14-18)23(25)26)21-10-12-22(13-11-21)19-8-6-17(7-9-19)16(2)24/h3-9,14-15H,10-13H2,1-2H3/t15-/m0/s1. The molecule has 3 rings (SSSR count). The Bertz CT molecular complexity index is 796. The third-order valence-corrected chi connectivity index (χ3v) is 5.06. The van der Waals surface area contributed by atoms with Crippen LogP contribution in [0.2, 0.25) is 0 Å². The molecule has 2 aromatic rings. The maximum atomic E-state index is 11.4. The number of Topliss-reactive ketones (excluding diaryl/α,β-unsaturated/α-hetero) is 1. The van der Waals surface area contributed by atoms with Crippen LogP contribution in [0.15, 0.2) is 48.5 Å². The van der Waals surface area contributed by atoms with E-state index in [2.05, 4.69) is 16.7 Å². The Morgan fingerprint density at radius 3 is 2.31 bits per heavy atom. The first-order valence-corrected chi connectivity index (χ1v) is 8.80. The SMILES string of the molecule is CC(=O)c1ccc(N2CCN([C@@H](C)c3cccc([N+](=O)[O-])c3)CC2)cc1. The van der Waals surface area contributed by atoms with Gasteiger partial charge in [-0.1, -0.05) is 12.1 Å². The van der Waals surface area contributed by atoms with Crippen molar-refractivity contribution in [3.05, 3.63) is 69.8 Å². The van der Waals surface area contributed by atoms with Crippen molar-refractivity contribution >= 4 is 17.2 Å². The van der Waals surface area contributed by atoms with Crippen LogP contribution >= 0.6 is 0 Å². The second kappa shape index (κ2) is 7.66. The predicted molar refractivity (Wildman–Crippen MR) is 102 cm³/mol. The fraction of sp³-hybridized carbons (Fsp3) is 0.350. The average Bonchev–Trinajstić information content (AvgIpc) is 2.67. The summed E-state index contributed by atoms with van der Waals surface area (Å²) in [5.74, 6) is 0.0761. The molecule has 6 nitrogen and oxygen atoms in total. The van der Waals surface area contributed by atoms with Crippen LogP contribution in [-0.4, -0.2) is 41.8 Å². The molecule has 0 unspecified atom stereocenters. The molecule has 0 amide bonds. The highest BCUT2D eigenvalue weighted by Crippen LogP contribution is 2.26. The van der Waals surface area contributed by atoms with E-state index in [1.807, 2.05) is 30.3 Å². The molecule has 0 radical (unpaired) electrons. The van der Waals surface area contributed by atoms with Crippen LogP contribution < -0.4 is 4.90 Å². The highest BCUT2D eigenvalue weighted by Gasteiger charge is 2.23. The van der Waals surface area contributed by atoms with Gasteiger partial charge in [0.2, 0.25) is 0 Å². The number of ketones is 1. The van der Waals surface area contributed by atoms with E-state index in [-0.39, 0.29) is 22.4 Å². The number of carbonyl (C=O) groups is 1. The summed E-state index contributed by atoms with van der Waals surface area (Å²) in [4.78, 5) is 26.7. The zero-order chi connectivity index (χ0) is 18.7. The van der Waals surface area contributed by atoms with Crippen molar-refractivity contribution in [1.82, 2.24) is 4.90 Å². The van der Waals surface area contributed by atoms with Gasteiger partial charge in [-0.2, -0.15) is 0 Å². The minimum Gasteiger partial charge on any atom is -0.369 e. The van der Waals surface area contributed by atoms with E-state index in [4.69, 9.17) is 0 Å². The lowest BCUT2D eigenvalue weighted by atomic mass is 10.0. The maximum Gasteiger partial charge on any atom is 0.269 e. The Morgan fingerprint density at radius 2 is 1.73 bits per heavy atom. The number of rotatable bonds is 5. The molecule has 1 atom stereocenters. The number of hydrogen-bond donors (Lipinski definition) is 0. The van der Waals surface area contributed by atoms with Gasteiger partial charge in [-0.3, -0.25) is 19.8 Å². The molecule has 136 valence electrons. The molecule has 1 fully saturated rings. The smallest absolute Gasteiger partial charge is 0.269 e. The van der Waals surface area contributed by atoms with Crippen LogP contribution in [0.25, 0.3) is 0 Å². The van der Waals surface area contributed by atoms with E-state index in [1.54, 1.807) is 19.1 Å². The van der Waals surface area contributed by atoms with Gasteiger partial charge < -0.3 is 4.90 Å². The number of anilines is 1. The zero-order valence-corrected chi connectivity index (χ0v) is 15.1. The number of benzene rings is 2.